The highest BCUT2D eigenvalue weighted by molar-refractivity contribution is 5.87. The van der Waals surface area contributed by atoms with Crippen molar-refractivity contribution in [2.75, 3.05) is 13.2 Å². The predicted molar refractivity (Wildman–Crippen MR) is 66.0 cm³/mol. The Morgan fingerprint density at radius 1 is 1.00 bits per heavy atom. The van der Waals surface area contributed by atoms with Gasteiger partial charge in [0.05, 0.1) is 19.8 Å². The van der Waals surface area contributed by atoms with Crippen LogP contribution in [0, 0.1) is 0 Å². The van der Waals surface area contributed by atoms with Crippen LogP contribution >= 0.6 is 0 Å². The highest BCUT2D eigenvalue weighted by atomic mass is 16.6. The van der Waals surface area contributed by atoms with Crippen molar-refractivity contribution in [3.63, 3.8) is 0 Å². The normalized spacial score (nSPS) is 9.67. The summed E-state index contributed by atoms with van der Waals surface area (Å²) in [6.07, 6.45) is -1.39. The van der Waals surface area contributed by atoms with Crippen LogP contribution in [-0.2, 0) is 16.0 Å². The maximum absolute atomic E-state index is 11.7. The van der Waals surface area contributed by atoms with Crippen molar-refractivity contribution >= 4 is 12.2 Å². The van der Waals surface area contributed by atoms with Crippen molar-refractivity contribution < 1.29 is 19.1 Å². The molecule has 0 atom stereocenters. The lowest BCUT2D eigenvalue weighted by atomic mass is 10.2. The summed E-state index contributed by atoms with van der Waals surface area (Å²) < 4.78 is 9.66. The number of benzene rings is 1. The zero-order chi connectivity index (χ0) is 13.4. The molecule has 0 aromatic heterocycles. The minimum absolute atomic E-state index is 0.137. The summed E-state index contributed by atoms with van der Waals surface area (Å²) in [6.45, 7) is 3.93. The summed E-state index contributed by atoms with van der Waals surface area (Å²) in [6, 6.07) is 9.19. The van der Waals surface area contributed by atoms with Gasteiger partial charge in [0.1, 0.15) is 0 Å². The van der Waals surface area contributed by atoms with Gasteiger partial charge in [-0.3, -0.25) is 0 Å². The fourth-order valence-electron chi connectivity index (χ4n) is 1.37. The van der Waals surface area contributed by atoms with Crippen LogP contribution in [0.4, 0.5) is 9.59 Å². The van der Waals surface area contributed by atoms with Gasteiger partial charge in [-0.2, -0.15) is 0 Å². The predicted octanol–water partition coefficient (Wildman–Crippen LogP) is 2.80. The quantitative estimate of drug-likeness (QED) is 0.825. The Morgan fingerprint density at radius 3 is 1.94 bits per heavy atom. The highest BCUT2D eigenvalue weighted by Crippen LogP contribution is 2.08. The van der Waals surface area contributed by atoms with E-state index in [0.717, 1.165) is 10.5 Å². The van der Waals surface area contributed by atoms with E-state index in [1.54, 1.807) is 13.8 Å². The van der Waals surface area contributed by atoms with Crippen LogP contribution in [0.25, 0.3) is 0 Å². The minimum Gasteiger partial charge on any atom is -0.449 e. The summed E-state index contributed by atoms with van der Waals surface area (Å²) >= 11 is 0. The van der Waals surface area contributed by atoms with Gasteiger partial charge in [-0.1, -0.05) is 30.3 Å². The first-order valence-electron chi connectivity index (χ1n) is 5.84. The number of hydrogen-bond acceptors (Lipinski definition) is 4. The number of amides is 2. The molecule has 5 heteroatoms. The molecule has 0 bridgehead atoms. The lowest BCUT2D eigenvalue weighted by Crippen LogP contribution is -2.37. The average molecular weight is 251 g/mol. The van der Waals surface area contributed by atoms with Crippen molar-refractivity contribution in [3.8, 4) is 0 Å². The highest BCUT2D eigenvalue weighted by Gasteiger charge is 2.24. The van der Waals surface area contributed by atoms with Crippen LogP contribution in [0.1, 0.15) is 19.4 Å². The van der Waals surface area contributed by atoms with Crippen LogP contribution in [-0.4, -0.2) is 30.3 Å². The molecule has 0 heterocycles. The van der Waals surface area contributed by atoms with E-state index in [4.69, 9.17) is 9.47 Å². The van der Waals surface area contributed by atoms with Gasteiger partial charge in [0.15, 0.2) is 0 Å². The molecule has 0 radical (unpaired) electrons. The Kier molecular flexibility index (Phi) is 5.70. The van der Waals surface area contributed by atoms with E-state index in [0.29, 0.717) is 0 Å². The Morgan fingerprint density at radius 2 is 1.50 bits per heavy atom. The molecule has 0 aliphatic rings. The third-order valence-electron chi connectivity index (χ3n) is 2.16. The Bertz CT molecular complexity index is 373. The van der Waals surface area contributed by atoms with E-state index in [1.807, 2.05) is 30.3 Å². The maximum atomic E-state index is 11.7. The summed E-state index contributed by atoms with van der Waals surface area (Å²) in [7, 11) is 0. The van der Waals surface area contributed by atoms with Crippen molar-refractivity contribution in [3.05, 3.63) is 35.9 Å². The number of nitrogens with zero attached hydrogens (tertiary/aromatic N) is 1. The average Bonchev–Trinajstić information content (AvgIpc) is 2.37. The summed E-state index contributed by atoms with van der Waals surface area (Å²) in [5.74, 6) is 0. The molecule has 1 aromatic carbocycles. The molecule has 2 amide bonds. The van der Waals surface area contributed by atoms with Crippen LogP contribution < -0.4 is 0 Å². The second-order valence-corrected chi connectivity index (χ2v) is 3.47. The molecule has 1 rings (SSSR count). The molecular formula is C13H17NO4. The van der Waals surface area contributed by atoms with Crippen molar-refractivity contribution in [1.29, 1.82) is 0 Å². The summed E-state index contributed by atoms with van der Waals surface area (Å²) in [5, 5.41) is 0. The molecule has 0 aliphatic heterocycles. The third-order valence-corrected chi connectivity index (χ3v) is 2.16. The zero-order valence-electron chi connectivity index (χ0n) is 10.6. The van der Waals surface area contributed by atoms with Gasteiger partial charge in [-0.05, 0) is 19.4 Å². The largest absolute Gasteiger partial charge is 0.449 e. The van der Waals surface area contributed by atoms with Crippen molar-refractivity contribution in [1.82, 2.24) is 4.90 Å². The van der Waals surface area contributed by atoms with Crippen LogP contribution in [0.5, 0.6) is 0 Å². The zero-order valence-corrected chi connectivity index (χ0v) is 10.6. The van der Waals surface area contributed by atoms with Gasteiger partial charge in [0.25, 0.3) is 0 Å². The number of hydrogen-bond donors (Lipinski definition) is 0. The van der Waals surface area contributed by atoms with Crippen LogP contribution in [0.2, 0.25) is 0 Å². The molecule has 0 fully saturated rings. The van der Waals surface area contributed by atoms with Gasteiger partial charge in [-0.15, -0.1) is 0 Å². The van der Waals surface area contributed by atoms with E-state index in [2.05, 4.69) is 0 Å². The maximum Gasteiger partial charge on any atom is 0.419 e. The van der Waals surface area contributed by atoms with E-state index < -0.39 is 12.2 Å². The minimum atomic E-state index is -0.695. The second-order valence-electron chi connectivity index (χ2n) is 3.47. The first-order chi connectivity index (χ1) is 8.69. The van der Waals surface area contributed by atoms with E-state index in [9.17, 15) is 9.59 Å². The van der Waals surface area contributed by atoms with Crippen LogP contribution in [0.3, 0.4) is 0 Å². The molecule has 1 aromatic rings. The first kappa shape index (κ1) is 14.0. The first-order valence-corrected chi connectivity index (χ1v) is 5.84. The number of rotatable bonds is 4. The SMILES string of the molecule is CCOC(=O)N(Cc1ccccc1)C(=O)OCC. The molecule has 5 nitrogen and oxygen atoms in total. The number of carbonyl (C=O) groups is 2. The van der Waals surface area contributed by atoms with E-state index >= 15 is 0 Å². The topological polar surface area (TPSA) is 55.8 Å². The molecule has 0 aliphatic carbocycles. The van der Waals surface area contributed by atoms with Gasteiger partial charge < -0.3 is 9.47 Å². The molecule has 0 N–H and O–H groups in total. The van der Waals surface area contributed by atoms with Gasteiger partial charge in [-0.25, -0.2) is 14.5 Å². The summed E-state index contributed by atoms with van der Waals surface area (Å²) in [5.41, 5.74) is 0.832. The number of imide groups is 1. The van der Waals surface area contributed by atoms with Crippen LogP contribution in [0.15, 0.2) is 30.3 Å². The van der Waals surface area contributed by atoms with Gasteiger partial charge in [0.2, 0.25) is 0 Å². The van der Waals surface area contributed by atoms with Gasteiger partial charge in [0, 0.05) is 0 Å². The molecule has 0 spiro atoms. The molecule has 0 saturated heterocycles. The fourth-order valence-corrected chi connectivity index (χ4v) is 1.37. The van der Waals surface area contributed by atoms with E-state index in [1.165, 1.54) is 0 Å². The van der Waals surface area contributed by atoms with E-state index in [-0.39, 0.29) is 19.8 Å². The summed E-state index contributed by atoms with van der Waals surface area (Å²) in [4.78, 5) is 24.3. The standard InChI is InChI=1S/C13H17NO4/c1-3-17-12(15)14(13(16)18-4-2)10-11-8-6-5-7-9-11/h5-9H,3-4,10H2,1-2H3. The molecular weight excluding hydrogens is 234 g/mol. The van der Waals surface area contributed by atoms with Crippen molar-refractivity contribution in [2.24, 2.45) is 0 Å². The Labute approximate surface area is 106 Å². The smallest absolute Gasteiger partial charge is 0.419 e. The lowest BCUT2D eigenvalue weighted by molar-refractivity contribution is 0.0790. The third kappa shape index (κ3) is 4.08. The lowest BCUT2D eigenvalue weighted by Gasteiger charge is -2.19. The monoisotopic (exact) mass is 251 g/mol. The van der Waals surface area contributed by atoms with Gasteiger partial charge >= 0.3 is 12.2 Å². The Balaban J connectivity index is 2.77. The number of carbonyl (C=O) groups excluding carboxylic acids is 2. The Hall–Kier alpha value is -2.04. The molecule has 98 valence electrons. The molecule has 18 heavy (non-hydrogen) atoms. The molecule has 0 unspecified atom stereocenters. The molecule has 0 saturated carbocycles. The number of ether oxygens (including phenoxy) is 2. The fraction of sp³-hybridized carbons (Fsp3) is 0.385. The van der Waals surface area contributed by atoms with Crippen molar-refractivity contribution in [2.45, 2.75) is 20.4 Å². The second kappa shape index (κ2) is 7.32.